The Kier molecular flexibility index (Phi) is 5.48. The third kappa shape index (κ3) is 4.57. The summed E-state index contributed by atoms with van der Waals surface area (Å²) in [6, 6.07) is 16.1. The van der Waals surface area contributed by atoms with Crippen LogP contribution in [0.2, 0.25) is 0 Å². The summed E-state index contributed by atoms with van der Waals surface area (Å²) in [6.07, 6.45) is 3.08. The molecule has 0 bridgehead atoms. The van der Waals surface area contributed by atoms with Crippen molar-refractivity contribution in [1.82, 2.24) is 0 Å². The second kappa shape index (κ2) is 7.84. The SMILES string of the molecule is COc1ccc2cc(/C=C/C(=O)Nc3ccc(C)c(S(N)(=O)=O)c3)ccc2c1. The Morgan fingerprint density at radius 2 is 1.75 bits per heavy atom. The van der Waals surface area contributed by atoms with Crippen LogP contribution in [0.4, 0.5) is 5.69 Å². The van der Waals surface area contributed by atoms with Crippen LogP contribution in [0.1, 0.15) is 11.1 Å². The molecule has 0 unspecified atom stereocenters. The van der Waals surface area contributed by atoms with E-state index in [9.17, 15) is 13.2 Å². The average Bonchev–Trinajstić information content (AvgIpc) is 2.66. The van der Waals surface area contributed by atoms with Gasteiger partial charge >= 0.3 is 0 Å². The van der Waals surface area contributed by atoms with Crippen molar-refractivity contribution in [2.24, 2.45) is 5.14 Å². The summed E-state index contributed by atoms with van der Waals surface area (Å²) in [6.45, 7) is 1.64. The molecule has 0 radical (unpaired) electrons. The van der Waals surface area contributed by atoms with Crippen LogP contribution in [0.15, 0.2) is 65.6 Å². The maximum atomic E-state index is 12.2. The van der Waals surface area contributed by atoms with Gasteiger partial charge in [-0.15, -0.1) is 0 Å². The zero-order chi connectivity index (χ0) is 20.3. The lowest BCUT2D eigenvalue weighted by Gasteiger charge is -2.07. The molecule has 28 heavy (non-hydrogen) atoms. The van der Waals surface area contributed by atoms with Gasteiger partial charge in [-0.25, -0.2) is 13.6 Å². The first kappa shape index (κ1) is 19.6. The van der Waals surface area contributed by atoms with Gasteiger partial charge in [0.05, 0.1) is 12.0 Å². The second-order valence-electron chi connectivity index (χ2n) is 6.32. The molecule has 0 atom stereocenters. The maximum absolute atomic E-state index is 12.2. The van der Waals surface area contributed by atoms with E-state index >= 15 is 0 Å². The summed E-state index contributed by atoms with van der Waals surface area (Å²) >= 11 is 0. The quantitative estimate of drug-likeness (QED) is 0.645. The molecule has 0 fully saturated rings. The van der Waals surface area contributed by atoms with Crippen LogP contribution >= 0.6 is 0 Å². The molecule has 0 aliphatic heterocycles. The Morgan fingerprint density at radius 3 is 2.46 bits per heavy atom. The third-order valence-electron chi connectivity index (χ3n) is 4.26. The van der Waals surface area contributed by atoms with E-state index in [1.54, 1.807) is 32.2 Å². The summed E-state index contributed by atoms with van der Waals surface area (Å²) in [4.78, 5) is 12.2. The van der Waals surface area contributed by atoms with Crippen LogP contribution in [0.3, 0.4) is 0 Å². The van der Waals surface area contributed by atoms with Crippen LogP contribution in [0, 0.1) is 6.92 Å². The highest BCUT2D eigenvalue weighted by Gasteiger charge is 2.12. The lowest BCUT2D eigenvalue weighted by Crippen LogP contribution is -2.15. The molecule has 0 spiro atoms. The molecule has 1 amide bonds. The number of amides is 1. The number of carbonyl (C=O) groups is 1. The van der Waals surface area contributed by atoms with Gasteiger partial charge in [-0.1, -0.05) is 24.3 Å². The van der Waals surface area contributed by atoms with Crippen molar-refractivity contribution in [2.45, 2.75) is 11.8 Å². The van der Waals surface area contributed by atoms with Gasteiger partial charge < -0.3 is 10.1 Å². The number of hydrogen-bond donors (Lipinski definition) is 2. The number of methoxy groups -OCH3 is 1. The number of nitrogens with one attached hydrogen (secondary N) is 1. The van der Waals surface area contributed by atoms with Gasteiger partial charge in [-0.05, 0) is 65.2 Å². The number of benzene rings is 3. The lowest BCUT2D eigenvalue weighted by atomic mass is 10.1. The van der Waals surface area contributed by atoms with E-state index in [1.165, 1.54) is 12.1 Å². The van der Waals surface area contributed by atoms with Crippen LogP contribution in [0.25, 0.3) is 16.8 Å². The summed E-state index contributed by atoms with van der Waals surface area (Å²) in [7, 11) is -2.23. The van der Waals surface area contributed by atoms with Gasteiger partial charge in [0.2, 0.25) is 15.9 Å². The first-order valence-electron chi connectivity index (χ1n) is 8.46. The number of rotatable bonds is 5. The molecular weight excluding hydrogens is 376 g/mol. The monoisotopic (exact) mass is 396 g/mol. The molecule has 6 nitrogen and oxygen atoms in total. The number of ether oxygens (including phenoxy) is 1. The van der Waals surface area contributed by atoms with Crippen molar-refractivity contribution in [3.63, 3.8) is 0 Å². The fourth-order valence-corrected chi connectivity index (χ4v) is 3.62. The molecule has 0 heterocycles. The molecule has 0 aliphatic rings. The van der Waals surface area contributed by atoms with E-state index in [1.807, 2.05) is 36.4 Å². The molecule has 3 rings (SSSR count). The topological polar surface area (TPSA) is 98.5 Å². The molecule has 0 aromatic heterocycles. The highest BCUT2D eigenvalue weighted by molar-refractivity contribution is 7.89. The van der Waals surface area contributed by atoms with Crippen LogP contribution in [0.5, 0.6) is 5.75 Å². The Morgan fingerprint density at radius 1 is 1.04 bits per heavy atom. The highest BCUT2D eigenvalue weighted by atomic mass is 32.2. The Bertz CT molecular complexity index is 1180. The first-order chi connectivity index (χ1) is 13.3. The minimum Gasteiger partial charge on any atom is -0.497 e. The number of aryl methyl sites for hydroxylation is 1. The standard InChI is InChI=1S/C21H20N2O4S/c1-14-3-8-18(13-20(14)28(22,25)26)23-21(24)10-5-15-4-6-17-12-19(27-2)9-7-16(17)11-15/h3-13H,1-2H3,(H,23,24)(H2,22,25,26)/b10-5+. The predicted octanol–water partition coefficient (Wildman–Crippen LogP) is 3.46. The molecule has 7 heteroatoms. The van der Waals surface area contributed by atoms with Crippen molar-refractivity contribution in [3.05, 3.63) is 71.8 Å². The number of nitrogens with two attached hydrogens (primary N) is 1. The number of carbonyl (C=O) groups excluding carboxylic acids is 1. The van der Waals surface area contributed by atoms with Gasteiger partial charge in [-0.2, -0.15) is 0 Å². The summed E-state index contributed by atoms with van der Waals surface area (Å²) in [5, 5.41) is 9.90. The Balaban J connectivity index is 1.76. The van der Waals surface area contributed by atoms with E-state index in [2.05, 4.69) is 5.32 Å². The van der Waals surface area contributed by atoms with Gasteiger partial charge in [0.25, 0.3) is 0 Å². The Labute approximate surface area is 163 Å². The third-order valence-corrected chi connectivity index (χ3v) is 5.31. The van der Waals surface area contributed by atoms with Crippen molar-refractivity contribution in [2.75, 3.05) is 12.4 Å². The number of anilines is 1. The molecule has 3 aromatic carbocycles. The molecule has 3 N–H and O–H groups in total. The van der Waals surface area contributed by atoms with Crippen molar-refractivity contribution in [1.29, 1.82) is 0 Å². The van der Waals surface area contributed by atoms with Crippen molar-refractivity contribution >= 4 is 38.5 Å². The van der Waals surface area contributed by atoms with Crippen molar-refractivity contribution < 1.29 is 17.9 Å². The van der Waals surface area contributed by atoms with E-state index in [-0.39, 0.29) is 10.8 Å². The van der Waals surface area contributed by atoms with E-state index in [0.29, 0.717) is 11.3 Å². The molecule has 0 aliphatic carbocycles. The molecule has 0 saturated heterocycles. The first-order valence-corrected chi connectivity index (χ1v) is 10.0. The van der Waals surface area contributed by atoms with Crippen LogP contribution in [-0.2, 0) is 14.8 Å². The average molecular weight is 396 g/mol. The Hall–Kier alpha value is -3.16. The number of hydrogen-bond acceptors (Lipinski definition) is 4. The zero-order valence-corrected chi connectivity index (χ0v) is 16.3. The zero-order valence-electron chi connectivity index (χ0n) is 15.5. The summed E-state index contributed by atoms with van der Waals surface area (Å²) in [5.74, 6) is 0.409. The fraction of sp³-hybridized carbons (Fsp3) is 0.0952. The smallest absolute Gasteiger partial charge is 0.248 e. The largest absolute Gasteiger partial charge is 0.497 e. The normalized spacial score (nSPS) is 11.7. The summed E-state index contributed by atoms with van der Waals surface area (Å²) in [5.41, 5.74) is 1.74. The van der Waals surface area contributed by atoms with Gasteiger partial charge in [-0.3, -0.25) is 4.79 Å². The summed E-state index contributed by atoms with van der Waals surface area (Å²) < 4.78 is 28.4. The molecular formula is C21H20N2O4S. The number of fused-ring (bicyclic) bond motifs is 1. The van der Waals surface area contributed by atoms with Crippen molar-refractivity contribution in [3.8, 4) is 5.75 Å². The van der Waals surface area contributed by atoms with Gasteiger partial charge in [0.15, 0.2) is 0 Å². The number of sulfonamides is 1. The maximum Gasteiger partial charge on any atom is 0.248 e. The molecule has 0 saturated carbocycles. The predicted molar refractivity (Wildman–Crippen MR) is 111 cm³/mol. The van der Waals surface area contributed by atoms with Gasteiger partial charge in [0.1, 0.15) is 5.75 Å². The second-order valence-corrected chi connectivity index (χ2v) is 7.85. The van der Waals surface area contributed by atoms with E-state index in [4.69, 9.17) is 9.88 Å². The van der Waals surface area contributed by atoms with Gasteiger partial charge in [0, 0.05) is 11.8 Å². The van der Waals surface area contributed by atoms with Crippen LogP contribution in [-0.4, -0.2) is 21.4 Å². The van der Waals surface area contributed by atoms with E-state index in [0.717, 1.165) is 22.1 Å². The van der Waals surface area contributed by atoms with E-state index < -0.39 is 10.0 Å². The lowest BCUT2D eigenvalue weighted by molar-refractivity contribution is -0.111. The molecule has 144 valence electrons. The molecule has 3 aromatic rings. The fourth-order valence-electron chi connectivity index (χ4n) is 2.81. The van der Waals surface area contributed by atoms with Crippen LogP contribution < -0.4 is 15.2 Å². The minimum atomic E-state index is -3.85. The minimum absolute atomic E-state index is 0.0146. The number of primary sulfonamides is 1. The highest BCUT2D eigenvalue weighted by Crippen LogP contribution is 2.22.